The first-order chi connectivity index (χ1) is 17.3. The van der Waals surface area contributed by atoms with Gasteiger partial charge in [-0.15, -0.1) is 0 Å². The molecule has 1 aromatic carbocycles. The molecule has 0 aliphatic carbocycles. The second kappa shape index (κ2) is 11.4. The highest BCUT2D eigenvalue weighted by Crippen LogP contribution is 2.31. The van der Waals surface area contributed by atoms with Gasteiger partial charge in [-0.2, -0.15) is 8.42 Å². The van der Waals surface area contributed by atoms with Crippen molar-refractivity contribution in [2.75, 3.05) is 31.5 Å². The average Bonchev–Trinajstić information content (AvgIpc) is 3.27. The number of ether oxygens (including phenoxy) is 1. The zero-order valence-corrected chi connectivity index (χ0v) is 22.8. The van der Waals surface area contributed by atoms with E-state index >= 15 is 0 Å². The number of nitrogens with zero attached hydrogens (tertiary/aromatic N) is 4. The summed E-state index contributed by atoms with van der Waals surface area (Å²) < 4.78 is 35.8. The number of aliphatic hydroxyl groups excluding tert-OH is 1. The summed E-state index contributed by atoms with van der Waals surface area (Å²) in [5.74, 6) is -0.315. The smallest absolute Gasteiger partial charge is 0.317 e. The largest absolute Gasteiger partial charge is 0.487 e. The number of imidazole rings is 1. The number of urea groups is 1. The maximum absolute atomic E-state index is 13.6. The van der Waals surface area contributed by atoms with Gasteiger partial charge in [0.25, 0.3) is 15.9 Å². The van der Waals surface area contributed by atoms with Gasteiger partial charge in [0, 0.05) is 44.5 Å². The van der Waals surface area contributed by atoms with E-state index in [0.717, 1.165) is 0 Å². The molecular weight excluding hydrogens is 500 g/mol. The summed E-state index contributed by atoms with van der Waals surface area (Å²) >= 11 is 0. The van der Waals surface area contributed by atoms with Crippen LogP contribution in [0.1, 0.15) is 38.1 Å². The molecule has 0 saturated carbocycles. The molecule has 13 heteroatoms. The van der Waals surface area contributed by atoms with Crippen molar-refractivity contribution in [3.63, 3.8) is 0 Å². The third-order valence-electron chi connectivity index (χ3n) is 6.09. The average molecular weight is 537 g/mol. The fourth-order valence-corrected chi connectivity index (χ4v) is 4.98. The second-order valence-corrected chi connectivity index (χ2v) is 11.4. The van der Waals surface area contributed by atoms with Crippen molar-refractivity contribution in [3.8, 4) is 5.75 Å². The molecule has 0 bridgehead atoms. The molecule has 2 heterocycles. The van der Waals surface area contributed by atoms with Crippen molar-refractivity contribution in [1.82, 2.24) is 24.7 Å². The van der Waals surface area contributed by atoms with Gasteiger partial charge in [0.15, 0.2) is 5.03 Å². The maximum atomic E-state index is 13.6. The first-order valence-corrected chi connectivity index (χ1v) is 13.6. The van der Waals surface area contributed by atoms with E-state index in [4.69, 9.17) is 4.74 Å². The molecule has 37 heavy (non-hydrogen) atoms. The van der Waals surface area contributed by atoms with Crippen LogP contribution in [0.5, 0.6) is 5.75 Å². The fourth-order valence-electron chi connectivity index (χ4n) is 3.95. The number of rotatable bonds is 8. The minimum absolute atomic E-state index is 0.0295. The van der Waals surface area contributed by atoms with E-state index < -0.39 is 28.1 Å². The van der Waals surface area contributed by atoms with Crippen molar-refractivity contribution in [3.05, 3.63) is 36.3 Å². The first-order valence-electron chi connectivity index (χ1n) is 12.1. The number of hydrogen-bond acceptors (Lipinski definition) is 7. The number of carbonyl (C=O) groups is 2. The SMILES string of the molecule is CC(C)NC(=O)N(C)C[C@@H]1Oc2ccc(NS(=O)(=O)c3cn(C)cn3)cc2C(=O)N([C@@H](C)CO)C[C@@H]1C. The summed E-state index contributed by atoms with van der Waals surface area (Å²) in [5.41, 5.74) is 0.310. The maximum Gasteiger partial charge on any atom is 0.317 e. The molecule has 3 rings (SSSR count). The second-order valence-electron chi connectivity index (χ2n) is 9.80. The zero-order chi connectivity index (χ0) is 27.5. The molecule has 3 amide bonds. The molecule has 0 fully saturated rings. The van der Waals surface area contributed by atoms with E-state index in [1.165, 1.54) is 40.2 Å². The van der Waals surface area contributed by atoms with Gasteiger partial charge in [-0.3, -0.25) is 9.52 Å². The molecule has 0 spiro atoms. The number of hydrogen-bond donors (Lipinski definition) is 3. The van der Waals surface area contributed by atoms with E-state index in [-0.39, 0.29) is 59.7 Å². The normalized spacial score (nSPS) is 18.9. The van der Waals surface area contributed by atoms with Crippen LogP contribution in [0.15, 0.2) is 35.7 Å². The van der Waals surface area contributed by atoms with Gasteiger partial charge < -0.3 is 29.5 Å². The van der Waals surface area contributed by atoms with Gasteiger partial charge in [0.2, 0.25) is 0 Å². The fraction of sp³-hybridized carbons (Fsp3) is 0.542. The Balaban J connectivity index is 1.96. The minimum atomic E-state index is -3.98. The highest BCUT2D eigenvalue weighted by Gasteiger charge is 2.34. The number of aryl methyl sites for hydroxylation is 1. The Morgan fingerprint density at radius 1 is 1.32 bits per heavy atom. The Morgan fingerprint density at radius 2 is 2.03 bits per heavy atom. The van der Waals surface area contributed by atoms with Crippen LogP contribution in [0.4, 0.5) is 10.5 Å². The van der Waals surface area contributed by atoms with Crippen molar-refractivity contribution < 1.29 is 27.9 Å². The standard InChI is InChI=1S/C24H36N6O6S/c1-15(2)26-24(33)29(6)11-21-16(3)10-30(17(4)13-31)23(32)19-9-18(7-8-20(19)36-21)27-37(34,35)22-12-28(5)14-25-22/h7-9,12,14-17,21,27,31H,10-11,13H2,1-6H3,(H,26,33)/t16-,17-,21-/m0/s1. The summed E-state index contributed by atoms with van der Waals surface area (Å²) in [7, 11) is -0.654. The van der Waals surface area contributed by atoms with Crippen LogP contribution in [0, 0.1) is 5.92 Å². The lowest BCUT2D eigenvalue weighted by Gasteiger charge is -2.38. The number of fused-ring (bicyclic) bond motifs is 1. The predicted molar refractivity (Wildman–Crippen MR) is 138 cm³/mol. The number of carbonyl (C=O) groups excluding carboxylic acids is 2. The Labute approximate surface area is 217 Å². The summed E-state index contributed by atoms with van der Waals surface area (Å²) in [6.07, 6.45) is 2.27. The highest BCUT2D eigenvalue weighted by atomic mass is 32.2. The van der Waals surface area contributed by atoms with Crippen molar-refractivity contribution in [1.29, 1.82) is 0 Å². The van der Waals surface area contributed by atoms with Crippen LogP contribution in [0.3, 0.4) is 0 Å². The molecule has 1 aliphatic rings. The summed E-state index contributed by atoms with van der Waals surface area (Å²) in [6.45, 7) is 7.67. The van der Waals surface area contributed by atoms with Crippen LogP contribution in [-0.4, -0.2) is 89.7 Å². The molecule has 0 saturated heterocycles. The number of nitrogens with one attached hydrogen (secondary N) is 2. The quantitative estimate of drug-likeness (QED) is 0.463. The van der Waals surface area contributed by atoms with Crippen LogP contribution in [-0.2, 0) is 17.1 Å². The van der Waals surface area contributed by atoms with Gasteiger partial charge in [-0.05, 0) is 39.0 Å². The molecule has 0 radical (unpaired) electrons. The van der Waals surface area contributed by atoms with E-state index in [2.05, 4.69) is 15.0 Å². The van der Waals surface area contributed by atoms with Gasteiger partial charge >= 0.3 is 6.03 Å². The van der Waals surface area contributed by atoms with Gasteiger partial charge in [0.05, 0.1) is 31.1 Å². The number of aromatic nitrogens is 2. The van der Waals surface area contributed by atoms with Gasteiger partial charge in [-0.25, -0.2) is 9.78 Å². The monoisotopic (exact) mass is 536 g/mol. The van der Waals surface area contributed by atoms with Gasteiger partial charge in [-0.1, -0.05) is 6.92 Å². The molecule has 0 unspecified atom stereocenters. The molecular formula is C24H36N6O6S. The van der Waals surface area contributed by atoms with E-state index in [1.807, 2.05) is 20.8 Å². The molecule has 12 nitrogen and oxygen atoms in total. The molecule has 204 valence electrons. The van der Waals surface area contributed by atoms with E-state index in [9.17, 15) is 23.1 Å². The number of anilines is 1. The number of aliphatic hydroxyl groups is 1. The highest BCUT2D eigenvalue weighted by molar-refractivity contribution is 7.92. The molecule has 1 aliphatic heterocycles. The number of benzene rings is 1. The number of likely N-dealkylation sites (N-methyl/N-ethyl adjacent to an activating group) is 1. The molecule has 3 atom stereocenters. The van der Waals surface area contributed by atoms with Crippen LogP contribution in [0.2, 0.25) is 0 Å². The van der Waals surface area contributed by atoms with Crippen molar-refractivity contribution in [2.45, 2.75) is 50.9 Å². The summed E-state index contributed by atoms with van der Waals surface area (Å²) in [4.78, 5) is 33.0. The Morgan fingerprint density at radius 3 is 2.62 bits per heavy atom. The minimum Gasteiger partial charge on any atom is -0.487 e. The predicted octanol–water partition coefficient (Wildman–Crippen LogP) is 1.49. The lowest BCUT2D eigenvalue weighted by atomic mass is 9.99. The third-order valence-corrected chi connectivity index (χ3v) is 7.35. The van der Waals surface area contributed by atoms with Crippen LogP contribution >= 0.6 is 0 Å². The Hall–Kier alpha value is -3.32. The van der Waals surface area contributed by atoms with Crippen LogP contribution < -0.4 is 14.8 Å². The lowest BCUT2D eigenvalue weighted by molar-refractivity contribution is 0.0366. The van der Waals surface area contributed by atoms with Crippen molar-refractivity contribution >= 4 is 27.6 Å². The van der Waals surface area contributed by atoms with E-state index in [0.29, 0.717) is 0 Å². The van der Waals surface area contributed by atoms with Crippen molar-refractivity contribution in [2.24, 2.45) is 13.0 Å². The van der Waals surface area contributed by atoms with E-state index in [1.54, 1.807) is 25.9 Å². The lowest BCUT2D eigenvalue weighted by Crippen LogP contribution is -2.51. The van der Waals surface area contributed by atoms with Crippen LogP contribution in [0.25, 0.3) is 0 Å². The number of sulfonamides is 1. The Bertz CT molecular complexity index is 1230. The molecule has 3 N–H and O–H groups in total. The summed E-state index contributed by atoms with van der Waals surface area (Å²) in [5, 5.41) is 12.5. The topological polar surface area (TPSA) is 146 Å². The molecule has 1 aromatic heterocycles. The number of amides is 3. The zero-order valence-electron chi connectivity index (χ0n) is 22.0. The summed E-state index contributed by atoms with van der Waals surface area (Å²) in [6, 6.07) is 3.69. The Kier molecular flexibility index (Phi) is 8.69. The first kappa shape index (κ1) is 28.3. The molecule has 2 aromatic rings. The van der Waals surface area contributed by atoms with Gasteiger partial charge in [0.1, 0.15) is 11.9 Å². The third kappa shape index (κ3) is 6.72.